The van der Waals surface area contributed by atoms with Crippen LogP contribution >= 0.6 is 0 Å². The van der Waals surface area contributed by atoms with Gasteiger partial charge >= 0.3 is 0 Å². The number of likely N-dealkylation sites (tertiary alicyclic amines) is 1. The molecule has 2 N–H and O–H groups in total. The number of para-hydroxylation sites is 1. The van der Waals surface area contributed by atoms with Crippen LogP contribution in [0.5, 0.6) is 5.75 Å². The van der Waals surface area contributed by atoms with Crippen LogP contribution in [0.15, 0.2) is 48.5 Å². The van der Waals surface area contributed by atoms with Crippen molar-refractivity contribution < 1.29 is 14.3 Å². The molecular formula is C31H43N3O3. The number of rotatable bonds is 3. The van der Waals surface area contributed by atoms with Crippen molar-refractivity contribution >= 4 is 11.8 Å². The summed E-state index contributed by atoms with van der Waals surface area (Å²) in [6.45, 7) is 10.2. The highest BCUT2D eigenvalue weighted by molar-refractivity contribution is 5.96. The number of hydrogen-bond donors (Lipinski definition) is 2. The summed E-state index contributed by atoms with van der Waals surface area (Å²) < 4.78 is 5.99. The highest BCUT2D eigenvalue weighted by Crippen LogP contribution is 2.38. The number of piperidine rings is 1. The summed E-state index contributed by atoms with van der Waals surface area (Å²) in [5.74, 6) is 1.15. The second kappa shape index (κ2) is 12.6. The van der Waals surface area contributed by atoms with Crippen LogP contribution in [0.25, 0.3) is 0 Å². The van der Waals surface area contributed by atoms with Crippen molar-refractivity contribution in [3.8, 4) is 5.75 Å². The molecule has 37 heavy (non-hydrogen) atoms. The molecule has 1 saturated heterocycles. The minimum absolute atomic E-state index is 0.107. The molecule has 0 radical (unpaired) electrons. The van der Waals surface area contributed by atoms with Crippen LogP contribution in [0, 0.1) is 5.41 Å². The highest BCUT2D eigenvalue weighted by atomic mass is 16.5. The molecule has 4 rings (SSSR count). The van der Waals surface area contributed by atoms with Crippen LogP contribution in [0.1, 0.15) is 86.7 Å². The Morgan fingerprint density at radius 2 is 1.70 bits per heavy atom. The topological polar surface area (TPSA) is 70.7 Å². The van der Waals surface area contributed by atoms with E-state index in [-0.39, 0.29) is 23.3 Å². The van der Waals surface area contributed by atoms with Crippen molar-refractivity contribution in [2.24, 2.45) is 5.41 Å². The van der Waals surface area contributed by atoms with Crippen LogP contribution < -0.4 is 15.4 Å². The van der Waals surface area contributed by atoms with Gasteiger partial charge in [-0.1, -0.05) is 63.1 Å². The molecule has 2 heterocycles. The summed E-state index contributed by atoms with van der Waals surface area (Å²) >= 11 is 0. The predicted octanol–water partition coefficient (Wildman–Crippen LogP) is 5.28. The lowest BCUT2D eigenvalue weighted by molar-refractivity contribution is -0.135. The predicted molar refractivity (Wildman–Crippen MR) is 148 cm³/mol. The Morgan fingerprint density at radius 3 is 2.43 bits per heavy atom. The number of fused-ring (bicyclic) bond motifs is 1. The van der Waals surface area contributed by atoms with E-state index < -0.39 is 0 Å². The molecular weight excluding hydrogens is 462 g/mol. The molecule has 0 aliphatic carbocycles. The third-order valence-corrected chi connectivity index (χ3v) is 7.96. The molecule has 1 atom stereocenters. The van der Waals surface area contributed by atoms with Gasteiger partial charge in [-0.25, -0.2) is 0 Å². The Balaban J connectivity index is 1.40. The van der Waals surface area contributed by atoms with Crippen molar-refractivity contribution in [3.63, 3.8) is 0 Å². The smallest absolute Gasteiger partial charge is 0.255 e. The summed E-state index contributed by atoms with van der Waals surface area (Å²) in [7, 11) is 0. The first-order valence-electron chi connectivity index (χ1n) is 14.0. The number of nitrogens with zero attached hydrogens (tertiary/aromatic N) is 1. The number of benzene rings is 2. The maximum absolute atomic E-state index is 13.7. The molecule has 2 aromatic carbocycles. The molecule has 200 valence electrons. The van der Waals surface area contributed by atoms with Gasteiger partial charge in [0.15, 0.2) is 0 Å². The fourth-order valence-electron chi connectivity index (χ4n) is 5.47. The number of carbonyl (C=O) groups excluding carboxylic acids is 2. The lowest BCUT2D eigenvalue weighted by Gasteiger charge is -2.41. The molecule has 1 spiro atoms. The standard InChI is InChI=1S/C31H43N3O3/c1-23(2)26-13-11-25(12-14-26)21-34-19-16-31(17-20-34)15-7-4-8-18-32-29(35)27-9-5-6-10-28(27)37-22-24(3)33-30(31)36/h5-6,9-14,23-24H,4,7-8,15-22H2,1-3H3,(H,32,35)(H,33,36)/t24-/m0/s1. The van der Waals surface area contributed by atoms with Crippen molar-refractivity contribution in [1.29, 1.82) is 0 Å². The fourth-order valence-corrected chi connectivity index (χ4v) is 5.47. The fraction of sp³-hybridized carbons (Fsp3) is 0.548. The zero-order valence-electron chi connectivity index (χ0n) is 22.7. The molecule has 1 fully saturated rings. The Kier molecular flexibility index (Phi) is 9.25. The van der Waals surface area contributed by atoms with Gasteiger partial charge in [-0.2, -0.15) is 0 Å². The number of nitrogens with one attached hydrogen (secondary N) is 2. The van der Waals surface area contributed by atoms with Crippen LogP contribution in [0.2, 0.25) is 0 Å². The normalized spacial score (nSPS) is 21.8. The monoisotopic (exact) mass is 505 g/mol. The molecule has 0 unspecified atom stereocenters. The largest absolute Gasteiger partial charge is 0.491 e. The van der Waals surface area contributed by atoms with Gasteiger partial charge in [0.2, 0.25) is 5.91 Å². The number of amides is 2. The molecule has 0 bridgehead atoms. The Morgan fingerprint density at radius 1 is 0.973 bits per heavy atom. The Labute approximate surface area is 222 Å². The third-order valence-electron chi connectivity index (χ3n) is 7.96. The van der Waals surface area contributed by atoms with Gasteiger partial charge in [0, 0.05) is 13.1 Å². The average Bonchev–Trinajstić information content (AvgIpc) is 2.90. The molecule has 6 nitrogen and oxygen atoms in total. The molecule has 6 heteroatoms. The zero-order valence-corrected chi connectivity index (χ0v) is 22.7. The van der Waals surface area contributed by atoms with E-state index in [1.54, 1.807) is 6.07 Å². The SMILES string of the molecule is CC(C)c1ccc(CN2CCC3(CCCCCNC(=O)c4ccccc4OC[C@H](C)NC3=O)CC2)cc1. The van der Waals surface area contributed by atoms with Crippen LogP contribution in [0.4, 0.5) is 0 Å². The van der Waals surface area contributed by atoms with Gasteiger partial charge in [0.05, 0.1) is 17.0 Å². The maximum atomic E-state index is 13.7. The van der Waals surface area contributed by atoms with Gasteiger partial charge in [0.25, 0.3) is 5.91 Å². The van der Waals surface area contributed by atoms with Crippen molar-refractivity contribution in [2.75, 3.05) is 26.2 Å². The van der Waals surface area contributed by atoms with Gasteiger partial charge in [-0.15, -0.1) is 0 Å². The first-order valence-corrected chi connectivity index (χ1v) is 14.0. The number of carbonyl (C=O) groups is 2. The maximum Gasteiger partial charge on any atom is 0.255 e. The van der Waals surface area contributed by atoms with E-state index in [1.807, 2.05) is 25.1 Å². The highest BCUT2D eigenvalue weighted by Gasteiger charge is 2.41. The zero-order chi connectivity index (χ0) is 26.3. The molecule has 0 saturated carbocycles. The minimum atomic E-state index is -0.340. The third kappa shape index (κ3) is 7.13. The number of hydrogen-bond acceptors (Lipinski definition) is 4. The Bertz CT molecular complexity index is 1040. The average molecular weight is 506 g/mol. The molecule has 2 aliphatic heterocycles. The second-order valence-electron chi connectivity index (χ2n) is 11.2. The summed E-state index contributed by atoms with van der Waals surface area (Å²) in [6, 6.07) is 16.1. The lowest BCUT2D eigenvalue weighted by Crippen LogP contribution is -2.51. The van der Waals surface area contributed by atoms with Gasteiger partial charge in [-0.05, 0) is 74.9 Å². The van der Waals surface area contributed by atoms with Crippen LogP contribution in [-0.4, -0.2) is 49.0 Å². The van der Waals surface area contributed by atoms with Crippen molar-refractivity contribution in [2.45, 2.75) is 77.8 Å². The molecule has 2 aromatic rings. The number of ether oxygens (including phenoxy) is 1. The van der Waals surface area contributed by atoms with Crippen LogP contribution in [-0.2, 0) is 11.3 Å². The van der Waals surface area contributed by atoms with Crippen molar-refractivity contribution in [1.82, 2.24) is 15.5 Å². The summed E-state index contributed by atoms with van der Waals surface area (Å²) in [5, 5.41) is 6.28. The molecule has 2 aliphatic rings. The Hall–Kier alpha value is -2.86. The van der Waals surface area contributed by atoms with E-state index in [0.717, 1.165) is 58.2 Å². The molecule has 2 amide bonds. The van der Waals surface area contributed by atoms with Gasteiger partial charge in [0.1, 0.15) is 12.4 Å². The van der Waals surface area contributed by atoms with E-state index in [2.05, 4.69) is 53.6 Å². The van der Waals surface area contributed by atoms with Crippen LogP contribution in [0.3, 0.4) is 0 Å². The summed E-state index contributed by atoms with van der Waals surface area (Å²) in [4.78, 5) is 28.8. The van der Waals surface area contributed by atoms with E-state index in [0.29, 0.717) is 30.4 Å². The first-order chi connectivity index (χ1) is 17.9. The minimum Gasteiger partial charge on any atom is -0.491 e. The first kappa shape index (κ1) is 27.2. The van der Waals surface area contributed by atoms with E-state index in [9.17, 15) is 9.59 Å². The van der Waals surface area contributed by atoms with E-state index >= 15 is 0 Å². The van der Waals surface area contributed by atoms with E-state index in [4.69, 9.17) is 4.74 Å². The molecule has 0 aromatic heterocycles. The summed E-state index contributed by atoms with van der Waals surface area (Å²) in [6.07, 6.45) is 5.52. The quantitative estimate of drug-likeness (QED) is 0.596. The van der Waals surface area contributed by atoms with Gasteiger partial charge in [-0.3, -0.25) is 14.5 Å². The second-order valence-corrected chi connectivity index (χ2v) is 11.2. The van der Waals surface area contributed by atoms with E-state index in [1.165, 1.54) is 11.1 Å². The van der Waals surface area contributed by atoms with Gasteiger partial charge < -0.3 is 15.4 Å². The lowest BCUT2D eigenvalue weighted by atomic mass is 9.73. The summed E-state index contributed by atoms with van der Waals surface area (Å²) in [5.41, 5.74) is 2.90. The van der Waals surface area contributed by atoms with Crippen molar-refractivity contribution in [3.05, 3.63) is 65.2 Å².